The van der Waals surface area contributed by atoms with Gasteiger partial charge < -0.3 is 5.73 Å². The average molecular weight is 253 g/mol. The average Bonchev–Trinajstić information content (AvgIpc) is 2.39. The first-order valence-corrected chi connectivity index (χ1v) is 6.96. The van der Waals surface area contributed by atoms with Crippen molar-refractivity contribution in [3.63, 3.8) is 0 Å². The number of hydrogen-bond donors (Lipinski definition) is 1. The van der Waals surface area contributed by atoms with E-state index in [-0.39, 0.29) is 6.04 Å². The van der Waals surface area contributed by atoms with Crippen LogP contribution in [-0.2, 0) is 0 Å². The molecular weight excluding hydrogens is 232 g/mol. The van der Waals surface area contributed by atoms with Crippen molar-refractivity contribution in [2.24, 2.45) is 17.6 Å². The lowest BCUT2D eigenvalue weighted by Crippen LogP contribution is -2.26. The Morgan fingerprint density at radius 1 is 1.41 bits per heavy atom. The number of nitrogens with zero attached hydrogens (tertiary/aromatic N) is 1. The summed E-state index contributed by atoms with van der Waals surface area (Å²) >= 11 is 6.15. The van der Waals surface area contributed by atoms with E-state index in [4.69, 9.17) is 17.3 Å². The Kier molecular flexibility index (Phi) is 4.41. The molecule has 2 rings (SSSR count). The van der Waals surface area contributed by atoms with Crippen LogP contribution in [0.4, 0.5) is 0 Å². The van der Waals surface area contributed by atoms with Crippen molar-refractivity contribution in [2.45, 2.75) is 45.1 Å². The standard InChI is InChI=1S/C14H21ClN2/c1-2-10-5-7-11(8-6-10)13(16)14-12(15)4-3-9-17-14/h3-4,9-11,13H,2,5-8,16H2,1H3. The molecule has 0 radical (unpaired) electrons. The molecule has 0 aromatic carbocycles. The Labute approximate surface area is 109 Å². The van der Waals surface area contributed by atoms with Gasteiger partial charge in [0.25, 0.3) is 0 Å². The molecular formula is C14H21ClN2. The zero-order valence-electron chi connectivity index (χ0n) is 10.4. The molecule has 0 amide bonds. The van der Waals surface area contributed by atoms with Crippen LogP contribution in [0.25, 0.3) is 0 Å². The van der Waals surface area contributed by atoms with Crippen molar-refractivity contribution in [1.82, 2.24) is 4.98 Å². The molecule has 3 heteroatoms. The first-order chi connectivity index (χ1) is 8.22. The van der Waals surface area contributed by atoms with Crippen molar-refractivity contribution >= 4 is 11.6 Å². The summed E-state index contributed by atoms with van der Waals surface area (Å²) < 4.78 is 0. The summed E-state index contributed by atoms with van der Waals surface area (Å²) in [6.07, 6.45) is 8.11. The Morgan fingerprint density at radius 2 is 2.12 bits per heavy atom. The predicted octanol–water partition coefficient (Wildman–Crippen LogP) is 3.95. The first kappa shape index (κ1) is 12.8. The van der Waals surface area contributed by atoms with Crippen LogP contribution < -0.4 is 5.73 Å². The largest absolute Gasteiger partial charge is 0.322 e. The number of pyridine rings is 1. The van der Waals surface area contributed by atoms with E-state index in [1.165, 1.54) is 32.1 Å². The molecule has 94 valence electrons. The third kappa shape index (κ3) is 2.99. The minimum Gasteiger partial charge on any atom is -0.322 e. The van der Waals surface area contributed by atoms with Crippen LogP contribution in [-0.4, -0.2) is 4.98 Å². The smallest absolute Gasteiger partial charge is 0.0759 e. The van der Waals surface area contributed by atoms with Crippen LogP contribution in [0, 0.1) is 11.8 Å². The summed E-state index contributed by atoms with van der Waals surface area (Å²) in [7, 11) is 0. The molecule has 1 aromatic heterocycles. The van der Waals surface area contributed by atoms with Gasteiger partial charge in [0.05, 0.1) is 16.8 Å². The summed E-state index contributed by atoms with van der Waals surface area (Å²) in [5, 5.41) is 0.706. The van der Waals surface area contributed by atoms with Gasteiger partial charge in [0.2, 0.25) is 0 Å². The highest BCUT2D eigenvalue weighted by Crippen LogP contribution is 2.37. The van der Waals surface area contributed by atoms with Gasteiger partial charge in [-0.15, -0.1) is 0 Å². The molecule has 2 N–H and O–H groups in total. The minimum absolute atomic E-state index is 0.00139. The minimum atomic E-state index is 0.00139. The van der Waals surface area contributed by atoms with Gasteiger partial charge in [-0.05, 0) is 36.8 Å². The monoisotopic (exact) mass is 252 g/mol. The number of hydrogen-bond acceptors (Lipinski definition) is 2. The quantitative estimate of drug-likeness (QED) is 0.885. The fourth-order valence-corrected chi connectivity index (χ4v) is 3.07. The maximum atomic E-state index is 6.31. The maximum Gasteiger partial charge on any atom is 0.0759 e. The van der Waals surface area contributed by atoms with Gasteiger partial charge in [0.1, 0.15) is 0 Å². The van der Waals surface area contributed by atoms with E-state index in [9.17, 15) is 0 Å². The van der Waals surface area contributed by atoms with E-state index in [0.717, 1.165) is 11.6 Å². The summed E-state index contributed by atoms with van der Waals surface area (Å²) in [6.45, 7) is 2.28. The molecule has 1 unspecified atom stereocenters. The number of aromatic nitrogens is 1. The molecule has 0 aliphatic heterocycles. The van der Waals surface area contributed by atoms with Crippen molar-refractivity contribution in [3.8, 4) is 0 Å². The van der Waals surface area contributed by atoms with Crippen molar-refractivity contribution in [2.75, 3.05) is 0 Å². The fourth-order valence-electron chi connectivity index (χ4n) is 2.82. The molecule has 1 aliphatic carbocycles. The van der Waals surface area contributed by atoms with E-state index >= 15 is 0 Å². The van der Waals surface area contributed by atoms with Gasteiger partial charge in [-0.3, -0.25) is 4.98 Å². The molecule has 1 atom stereocenters. The summed E-state index contributed by atoms with van der Waals surface area (Å²) in [6, 6.07) is 3.73. The second kappa shape index (κ2) is 5.83. The third-order valence-electron chi connectivity index (χ3n) is 4.08. The summed E-state index contributed by atoms with van der Waals surface area (Å²) in [4.78, 5) is 4.34. The predicted molar refractivity (Wildman–Crippen MR) is 71.9 cm³/mol. The lowest BCUT2D eigenvalue weighted by atomic mass is 9.77. The highest BCUT2D eigenvalue weighted by Gasteiger charge is 2.27. The van der Waals surface area contributed by atoms with Gasteiger partial charge >= 0.3 is 0 Å². The van der Waals surface area contributed by atoms with Gasteiger partial charge in [-0.2, -0.15) is 0 Å². The number of halogens is 1. The number of rotatable bonds is 3. The molecule has 17 heavy (non-hydrogen) atoms. The van der Waals surface area contributed by atoms with E-state index in [1.807, 2.05) is 12.1 Å². The Hall–Kier alpha value is -0.600. The van der Waals surface area contributed by atoms with Crippen LogP contribution in [0.5, 0.6) is 0 Å². The zero-order chi connectivity index (χ0) is 12.3. The SMILES string of the molecule is CCC1CCC(C(N)c2ncccc2Cl)CC1. The second-order valence-corrected chi connectivity index (χ2v) is 5.49. The molecule has 1 heterocycles. The molecule has 1 aromatic rings. The van der Waals surface area contributed by atoms with E-state index in [2.05, 4.69) is 11.9 Å². The van der Waals surface area contributed by atoms with Gasteiger partial charge in [-0.1, -0.05) is 37.8 Å². The maximum absolute atomic E-state index is 6.31. The number of nitrogens with two attached hydrogens (primary N) is 1. The van der Waals surface area contributed by atoms with Crippen molar-refractivity contribution in [1.29, 1.82) is 0 Å². The van der Waals surface area contributed by atoms with Crippen LogP contribution in [0.1, 0.15) is 50.8 Å². The molecule has 2 nitrogen and oxygen atoms in total. The normalized spacial score (nSPS) is 26.8. The summed E-state index contributed by atoms with van der Waals surface area (Å²) in [5.41, 5.74) is 7.18. The molecule has 1 fully saturated rings. The van der Waals surface area contributed by atoms with Crippen molar-refractivity contribution < 1.29 is 0 Å². The van der Waals surface area contributed by atoms with Crippen molar-refractivity contribution in [3.05, 3.63) is 29.0 Å². The van der Waals surface area contributed by atoms with Gasteiger partial charge in [-0.25, -0.2) is 0 Å². The Morgan fingerprint density at radius 3 is 2.71 bits per heavy atom. The summed E-state index contributed by atoms with van der Waals surface area (Å²) in [5.74, 6) is 1.45. The molecule has 0 spiro atoms. The van der Waals surface area contributed by atoms with Crippen LogP contribution in [0.3, 0.4) is 0 Å². The van der Waals surface area contributed by atoms with Gasteiger partial charge in [0.15, 0.2) is 0 Å². The van der Waals surface area contributed by atoms with E-state index < -0.39 is 0 Å². The van der Waals surface area contributed by atoms with Crippen LogP contribution >= 0.6 is 11.6 Å². The Balaban J connectivity index is 2.02. The molecule has 1 saturated carbocycles. The lowest BCUT2D eigenvalue weighted by molar-refractivity contribution is 0.238. The topological polar surface area (TPSA) is 38.9 Å². The van der Waals surface area contributed by atoms with Crippen LogP contribution in [0.15, 0.2) is 18.3 Å². The molecule has 0 bridgehead atoms. The molecule has 0 saturated heterocycles. The second-order valence-electron chi connectivity index (χ2n) is 5.09. The van der Waals surface area contributed by atoms with Crippen LogP contribution in [0.2, 0.25) is 5.02 Å². The molecule has 1 aliphatic rings. The fraction of sp³-hybridized carbons (Fsp3) is 0.643. The first-order valence-electron chi connectivity index (χ1n) is 6.58. The highest BCUT2D eigenvalue weighted by molar-refractivity contribution is 6.31. The van der Waals surface area contributed by atoms with E-state index in [0.29, 0.717) is 10.9 Å². The highest BCUT2D eigenvalue weighted by atomic mass is 35.5. The van der Waals surface area contributed by atoms with E-state index in [1.54, 1.807) is 6.20 Å². The lowest BCUT2D eigenvalue weighted by Gasteiger charge is -2.31. The van der Waals surface area contributed by atoms with Gasteiger partial charge in [0, 0.05) is 6.20 Å². The third-order valence-corrected chi connectivity index (χ3v) is 4.40. The zero-order valence-corrected chi connectivity index (χ0v) is 11.2. The Bertz CT molecular complexity index is 359.